The van der Waals surface area contributed by atoms with Gasteiger partial charge >= 0.3 is 0 Å². The molecule has 0 saturated carbocycles. The maximum Gasteiger partial charge on any atom is 0.277 e. The maximum atomic E-state index is 11.8. The van der Waals surface area contributed by atoms with Crippen LogP contribution in [0.4, 0.5) is 0 Å². The summed E-state index contributed by atoms with van der Waals surface area (Å²) in [5, 5.41) is 4.54. The minimum atomic E-state index is -0.379. The molecule has 0 radical (unpaired) electrons. The zero-order chi connectivity index (χ0) is 19.1. The third-order valence-electron chi connectivity index (χ3n) is 3.35. The number of carbonyl (C=O) groups excluding carboxylic acids is 1. The van der Waals surface area contributed by atoms with Crippen LogP contribution in [0.5, 0.6) is 17.2 Å². The Hall–Kier alpha value is -2.25. The highest BCUT2D eigenvalue weighted by Gasteiger charge is 2.10. The number of nitrogens with zero attached hydrogens (tertiary/aromatic N) is 1. The van der Waals surface area contributed by atoms with Gasteiger partial charge in [0.2, 0.25) is 0 Å². The number of nitrogens with one attached hydrogen (secondary N) is 1. The van der Waals surface area contributed by atoms with E-state index in [1.165, 1.54) is 6.21 Å². The van der Waals surface area contributed by atoms with Gasteiger partial charge in [0.25, 0.3) is 5.91 Å². The number of amides is 1. The zero-order valence-electron chi connectivity index (χ0n) is 14.5. The molecule has 0 spiro atoms. The molecule has 0 unspecified atom stereocenters. The fourth-order valence-corrected chi connectivity index (χ4v) is 2.99. The van der Waals surface area contributed by atoms with Crippen LogP contribution < -0.4 is 19.6 Å². The van der Waals surface area contributed by atoms with E-state index in [0.717, 1.165) is 11.1 Å². The first-order valence-electron chi connectivity index (χ1n) is 7.57. The molecular formula is C18H18BrClN2O4. The first-order valence-corrected chi connectivity index (χ1v) is 8.74. The van der Waals surface area contributed by atoms with Crippen molar-refractivity contribution in [1.82, 2.24) is 5.43 Å². The first kappa shape index (κ1) is 20.1. The van der Waals surface area contributed by atoms with Crippen LogP contribution in [0.2, 0.25) is 5.02 Å². The van der Waals surface area contributed by atoms with Crippen LogP contribution >= 0.6 is 27.5 Å². The fraction of sp³-hybridized carbons (Fsp3) is 0.222. The van der Waals surface area contributed by atoms with Crippen molar-refractivity contribution in [1.29, 1.82) is 0 Å². The van der Waals surface area contributed by atoms with Gasteiger partial charge in [0.1, 0.15) is 5.75 Å². The minimum absolute atomic E-state index is 0.157. The molecule has 6 nitrogen and oxygen atoms in total. The SMILES string of the molecule is COc1cc(/C=N/NC(=O)COc2ccc(Cl)cc2C)cc(Br)c1OC. The Morgan fingerprint density at radius 1 is 1.23 bits per heavy atom. The molecule has 8 heteroatoms. The van der Waals surface area contributed by atoms with Crippen LogP contribution in [-0.4, -0.2) is 32.9 Å². The number of aryl methyl sites for hydroxylation is 1. The predicted molar refractivity (Wildman–Crippen MR) is 105 cm³/mol. The number of carbonyl (C=O) groups is 1. The van der Waals surface area contributed by atoms with Crippen molar-refractivity contribution in [2.75, 3.05) is 20.8 Å². The summed E-state index contributed by atoms with van der Waals surface area (Å²) in [6, 6.07) is 8.73. The van der Waals surface area contributed by atoms with Crippen molar-refractivity contribution in [3.05, 3.63) is 51.0 Å². The van der Waals surface area contributed by atoms with Crippen molar-refractivity contribution in [3.8, 4) is 17.2 Å². The molecule has 0 saturated heterocycles. The van der Waals surface area contributed by atoms with E-state index in [9.17, 15) is 4.79 Å². The van der Waals surface area contributed by atoms with Gasteiger partial charge in [-0.15, -0.1) is 0 Å². The van der Waals surface area contributed by atoms with Gasteiger partial charge in [-0.2, -0.15) is 5.10 Å². The van der Waals surface area contributed by atoms with Gasteiger partial charge in [-0.1, -0.05) is 11.6 Å². The first-order chi connectivity index (χ1) is 12.4. The highest BCUT2D eigenvalue weighted by molar-refractivity contribution is 9.10. The van der Waals surface area contributed by atoms with Gasteiger partial charge in [-0.3, -0.25) is 4.79 Å². The Labute approximate surface area is 165 Å². The molecule has 0 atom stereocenters. The molecule has 26 heavy (non-hydrogen) atoms. The molecule has 2 aromatic carbocycles. The second-order valence-electron chi connectivity index (χ2n) is 5.23. The van der Waals surface area contributed by atoms with Crippen molar-refractivity contribution < 1.29 is 19.0 Å². The highest BCUT2D eigenvalue weighted by Crippen LogP contribution is 2.35. The lowest BCUT2D eigenvalue weighted by Gasteiger charge is -2.10. The van der Waals surface area contributed by atoms with E-state index in [-0.39, 0.29) is 12.5 Å². The molecule has 138 valence electrons. The molecule has 2 aromatic rings. The van der Waals surface area contributed by atoms with Gasteiger partial charge in [0, 0.05) is 5.02 Å². The Morgan fingerprint density at radius 2 is 2.00 bits per heavy atom. The number of benzene rings is 2. The van der Waals surface area contributed by atoms with E-state index >= 15 is 0 Å². The van der Waals surface area contributed by atoms with Gasteiger partial charge in [0.05, 0.1) is 24.9 Å². The van der Waals surface area contributed by atoms with E-state index in [1.807, 2.05) is 6.92 Å². The number of hydrogen-bond donors (Lipinski definition) is 1. The third kappa shape index (κ3) is 5.37. The fourth-order valence-electron chi connectivity index (χ4n) is 2.14. The minimum Gasteiger partial charge on any atom is -0.493 e. The molecule has 0 aliphatic rings. The molecule has 0 fully saturated rings. The Kier molecular flexibility index (Phi) is 7.29. The lowest BCUT2D eigenvalue weighted by molar-refractivity contribution is -0.123. The molecule has 0 heterocycles. The van der Waals surface area contributed by atoms with Gasteiger partial charge in [-0.05, 0) is 64.3 Å². The molecule has 0 bridgehead atoms. The van der Waals surface area contributed by atoms with Crippen LogP contribution in [0.25, 0.3) is 0 Å². The lowest BCUT2D eigenvalue weighted by atomic mass is 10.2. The summed E-state index contributed by atoms with van der Waals surface area (Å²) in [6.07, 6.45) is 1.50. The Bertz CT molecular complexity index is 827. The monoisotopic (exact) mass is 440 g/mol. The molecule has 1 N–H and O–H groups in total. The largest absolute Gasteiger partial charge is 0.493 e. The number of rotatable bonds is 7. The highest BCUT2D eigenvalue weighted by atomic mass is 79.9. The summed E-state index contributed by atoms with van der Waals surface area (Å²) in [7, 11) is 3.10. The van der Waals surface area contributed by atoms with Gasteiger partial charge < -0.3 is 14.2 Å². The Morgan fingerprint density at radius 3 is 2.65 bits per heavy atom. The molecule has 2 rings (SSSR count). The zero-order valence-corrected chi connectivity index (χ0v) is 16.8. The van der Waals surface area contributed by atoms with E-state index in [1.54, 1.807) is 44.6 Å². The van der Waals surface area contributed by atoms with E-state index < -0.39 is 0 Å². The standard InChI is InChI=1S/C18H18BrClN2O4/c1-11-6-13(20)4-5-15(11)26-10-17(23)22-21-9-12-7-14(19)18(25-3)16(8-12)24-2/h4-9H,10H2,1-3H3,(H,22,23)/b21-9+. The van der Waals surface area contributed by atoms with Crippen LogP contribution in [0, 0.1) is 6.92 Å². The number of ether oxygens (including phenoxy) is 3. The van der Waals surface area contributed by atoms with Gasteiger partial charge in [-0.25, -0.2) is 5.43 Å². The number of halogens is 2. The Balaban J connectivity index is 1.93. The smallest absolute Gasteiger partial charge is 0.277 e. The second-order valence-corrected chi connectivity index (χ2v) is 6.52. The topological polar surface area (TPSA) is 69.2 Å². The number of hydrazone groups is 1. The lowest BCUT2D eigenvalue weighted by Crippen LogP contribution is -2.24. The summed E-state index contributed by atoms with van der Waals surface area (Å²) in [6.45, 7) is 1.70. The number of hydrogen-bond acceptors (Lipinski definition) is 5. The van der Waals surface area contributed by atoms with Gasteiger partial charge in [0.15, 0.2) is 18.1 Å². The van der Waals surface area contributed by atoms with Crippen LogP contribution in [0.15, 0.2) is 39.9 Å². The van der Waals surface area contributed by atoms with Crippen molar-refractivity contribution in [2.24, 2.45) is 5.10 Å². The number of methoxy groups -OCH3 is 2. The quantitative estimate of drug-likeness (QED) is 0.522. The van der Waals surface area contributed by atoms with E-state index in [4.69, 9.17) is 25.8 Å². The summed E-state index contributed by atoms with van der Waals surface area (Å²) >= 11 is 9.28. The average Bonchev–Trinajstić information content (AvgIpc) is 2.60. The second kappa shape index (κ2) is 9.45. The molecule has 1 amide bonds. The average molecular weight is 442 g/mol. The normalized spacial score (nSPS) is 10.7. The van der Waals surface area contributed by atoms with Crippen LogP contribution in [-0.2, 0) is 4.79 Å². The predicted octanol–water partition coefficient (Wildman–Crippen LogP) is 3.96. The third-order valence-corrected chi connectivity index (χ3v) is 4.18. The molecular weight excluding hydrogens is 424 g/mol. The van der Waals surface area contributed by atoms with Crippen molar-refractivity contribution in [2.45, 2.75) is 6.92 Å². The summed E-state index contributed by atoms with van der Waals surface area (Å²) in [5.74, 6) is 1.35. The van der Waals surface area contributed by atoms with Crippen LogP contribution in [0.3, 0.4) is 0 Å². The van der Waals surface area contributed by atoms with Crippen LogP contribution in [0.1, 0.15) is 11.1 Å². The van der Waals surface area contributed by atoms with E-state index in [0.29, 0.717) is 26.7 Å². The summed E-state index contributed by atoms with van der Waals surface area (Å²) in [5.41, 5.74) is 3.99. The molecule has 0 aromatic heterocycles. The summed E-state index contributed by atoms with van der Waals surface area (Å²) < 4.78 is 16.7. The maximum absolute atomic E-state index is 11.8. The van der Waals surface area contributed by atoms with Crippen molar-refractivity contribution >= 4 is 39.7 Å². The molecule has 0 aliphatic carbocycles. The van der Waals surface area contributed by atoms with E-state index in [2.05, 4.69) is 26.5 Å². The molecule has 0 aliphatic heterocycles. The van der Waals surface area contributed by atoms with Crippen molar-refractivity contribution in [3.63, 3.8) is 0 Å². The summed E-state index contributed by atoms with van der Waals surface area (Å²) in [4.78, 5) is 11.8.